The van der Waals surface area contributed by atoms with Crippen LogP contribution in [0.4, 0.5) is 16.0 Å². The van der Waals surface area contributed by atoms with Crippen LogP contribution < -0.4 is 9.80 Å². The topological polar surface area (TPSA) is 69.8 Å². The molecule has 2 aliphatic heterocycles. The molecule has 2 aliphatic rings. The van der Waals surface area contributed by atoms with Gasteiger partial charge in [-0.1, -0.05) is 25.1 Å². The van der Waals surface area contributed by atoms with Crippen molar-refractivity contribution >= 4 is 17.3 Å². The van der Waals surface area contributed by atoms with Crippen molar-refractivity contribution < 1.29 is 9.50 Å². The number of nitrogens with zero attached hydrogens (tertiary/aromatic N) is 6. The summed E-state index contributed by atoms with van der Waals surface area (Å²) >= 11 is 0. The van der Waals surface area contributed by atoms with Crippen LogP contribution >= 0.6 is 0 Å². The molecule has 5 heterocycles. The largest absolute Gasteiger partial charge is 0.390 e. The Labute approximate surface area is 210 Å². The van der Waals surface area contributed by atoms with Crippen LogP contribution in [-0.4, -0.2) is 49.9 Å². The summed E-state index contributed by atoms with van der Waals surface area (Å²) in [6.07, 6.45) is 6.09. The van der Waals surface area contributed by atoms with Crippen LogP contribution in [0.5, 0.6) is 0 Å². The average Bonchev–Trinajstić information content (AvgIpc) is 3.56. The fourth-order valence-electron chi connectivity index (χ4n) is 5.54. The number of rotatable bonds is 5. The zero-order valence-corrected chi connectivity index (χ0v) is 20.5. The van der Waals surface area contributed by atoms with E-state index in [2.05, 4.69) is 14.8 Å². The molecule has 1 atom stereocenters. The predicted octanol–water partition coefficient (Wildman–Crippen LogP) is 5.01. The predicted molar refractivity (Wildman–Crippen MR) is 139 cm³/mol. The monoisotopic (exact) mass is 486 g/mol. The quantitative estimate of drug-likeness (QED) is 0.428. The Balaban J connectivity index is 1.30. The maximum atomic E-state index is 13.9. The van der Waals surface area contributed by atoms with Gasteiger partial charge in [-0.05, 0) is 74.1 Å². The SMILES string of the molecule is CCC1(O)CCN(c2cccc(-c3cnc4ccc(N5CCCC5c5cccc(F)c5)nn34)n2)CC1. The van der Waals surface area contributed by atoms with Crippen LogP contribution in [0.15, 0.2) is 60.8 Å². The summed E-state index contributed by atoms with van der Waals surface area (Å²) in [6.45, 7) is 4.49. The Morgan fingerprint density at radius 2 is 1.86 bits per heavy atom. The van der Waals surface area contributed by atoms with Crippen LogP contribution in [0.2, 0.25) is 0 Å². The number of benzene rings is 1. The molecule has 4 aromatic rings. The number of aliphatic hydroxyl groups is 1. The normalized spacial score (nSPS) is 19.8. The van der Waals surface area contributed by atoms with Crippen molar-refractivity contribution in [1.29, 1.82) is 0 Å². The summed E-state index contributed by atoms with van der Waals surface area (Å²) < 4.78 is 15.8. The molecule has 1 unspecified atom stereocenters. The molecule has 1 aromatic carbocycles. The second-order valence-electron chi connectivity index (χ2n) is 9.96. The van der Waals surface area contributed by atoms with E-state index in [9.17, 15) is 9.50 Å². The summed E-state index contributed by atoms with van der Waals surface area (Å²) in [7, 11) is 0. The summed E-state index contributed by atoms with van der Waals surface area (Å²) in [4.78, 5) is 14.0. The van der Waals surface area contributed by atoms with Crippen LogP contribution in [0.25, 0.3) is 17.0 Å². The molecule has 6 rings (SSSR count). The van der Waals surface area contributed by atoms with E-state index in [4.69, 9.17) is 10.1 Å². The summed E-state index contributed by atoms with van der Waals surface area (Å²) in [6, 6.07) is 17.0. The number of halogens is 1. The average molecular weight is 487 g/mol. The van der Waals surface area contributed by atoms with E-state index in [0.717, 1.165) is 86.0 Å². The lowest BCUT2D eigenvalue weighted by molar-refractivity contribution is 0.0125. The van der Waals surface area contributed by atoms with E-state index >= 15 is 0 Å². The fraction of sp³-hybridized carbons (Fsp3) is 0.393. The third-order valence-corrected chi connectivity index (χ3v) is 7.80. The summed E-state index contributed by atoms with van der Waals surface area (Å²) in [5.74, 6) is 1.54. The number of hydrogen-bond donors (Lipinski definition) is 1. The molecule has 186 valence electrons. The number of piperidine rings is 1. The highest BCUT2D eigenvalue weighted by molar-refractivity contribution is 5.62. The number of imidazole rings is 1. The van der Waals surface area contributed by atoms with Gasteiger partial charge in [-0.3, -0.25) is 0 Å². The first-order chi connectivity index (χ1) is 17.5. The molecule has 0 amide bonds. The van der Waals surface area contributed by atoms with Gasteiger partial charge in [-0.2, -0.15) is 0 Å². The standard InChI is InChI=1S/C28H31FN6O/c1-2-28(36)13-16-33(17-14-28)26-10-4-8-22(31-26)24-19-30-25-11-12-27(32-35(24)25)34-15-5-9-23(34)20-6-3-7-21(29)18-20/h3-4,6-8,10-12,18-19,23,36H,2,5,9,13-17H2,1H3. The molecule has 36 heavy (non-hydrogen) atoms. The molecule has 8 heteroatoms. The first kappa shape index (κ1) is 22.9. The van der Waals surface area contributed by atoms with E-state index in [0.29, 0.717) is 0 Å². The van der Waals surface area contributed by atoms with Gasteiger partial charge in [0, 0.05) is 19.6 Å². The number of fused-ring (bicyclic) bond motifs is 1. The zero-order chi connectivity index (χ0) is 24.7. The first-order valence-electron chi connectivity index (χ1n) is 12.8. The molecular formula is C28H31FN6O. The molecule has 2 saturated heterocycles. The minimum absolute atomic E-state index is 0.0972. The van der Waals surface area contributed by atoms with Crippen molar-refractivity contribution in [1.82, 2.24) is 19.6 Å². The van der Waals surface area contributed by atoms with Crippen molar-refractivity contribution in [3.8, 4) is 11.4 Å². The molecule has 1 N–H and O–H groups in total. The highest BCUT2D eigenvalue weighted by Gasteiger charge is 2.31. The van der Waals surface area contributed by atoms with E-state index in [1.807, 2.05) is 54.0 Å². The van der Waals surface area contributed by atoms with Crippen molar-refractivity contribution in [3.63, 3.8) is 0 Å². The van der Waals surface area contributed by atoms with Crippen LogP contribution in [0.3, 0.4) is 0 Å². The molecule has 0 radical (unpaired) electrons. The summed E-state index contributed by atoms with van der Waals surface area (Å²) in [5.41, 5.74) is 2.82. The van der Waals surface area contributed by atoms with E-state index in [1.54, 1.807) is 12.1 Å². The van der Waals surface area contributed by atoms with Crippen molar-refractivity contribution in [2.75, 3.05) is 29.4 Å². The maximum Gasteiger partial charge on any atom is 0.154 e. The zero-order valence-electron chi connectivity index (χ0n) is 20.5. The summed E-state index contributed by atoms with van der Waals surface area (Å²) in [5, 5.41) is 15.6. The third-order valence-electron chi connectivity index (χ3n) is 7.80. The fourth-order valence-corrected chi connectivity index (χ4v) is 5.54. The first-order valence-corrected chi connectivity index (χ1v) is 12.8. The van der Waals surface area contributed by atoms with Gasteiger partial charge < -0.3 is 14.9 Å². The van der Waals surface area contributed by atoms with Gasteiger partial charge in [0.05, 0.1) is 23.5 Å². The molecular weight excluding hydrogens is 455 g/mol. The minimum atomic E-state index is -0.560. The Hall–Kier alpha value is -3.52. The van der Waals surface area contributed by atoms with Crippen LogP contribution in [0, 0.1) is 5.82 Å². The Bertz CT molecular complexity index is 1380. The number of anilines is 2. The lowest BCUT2D eigenvalue weighted by atomic mass is 9.89. The van der Waals surface area contributed by atoms with E-state index in [1.165, 1.54) is 6.07 Å². The number of aromatic nitrogens is 4. The number of pyridine rings is 1. The molecule has 3 aromatic heterocycles. The molecule has 2 fully saturated rings. The number of hydrogen-bond acceptors (Lipinski definition) is 6. The van der Waals surface area contributed by atoms with Crippen LogP contribution in [-0.2, 0) is 0 Å². The molecule has 0 spiro atoms. The van der Waals surface area contributed by atoms with Crippen molar-refractivity contribution in [2.45, 2.75) is 50.7 Å². The molecule has 0 saturated carbocycles. The van der Waals surface area contributed by atoms with Gasteiger partial charge in [0.25, 0.3) is 0 Å². The van der Waals surface area contributed by atoms with Gasteiger partial charge in [0.15, 0.2) is 5.65 Å². The lowest BCUT2D eigenvalue weighted by Crippen LogP contribution is -2.44. The van der Waals surface area contributed by atoms with Crippen LogP contribution in [0.1, 0.15) is 50.6 Å². The lowest BCUT2D eigenvalue weighted by Gasteiger charge is -2.38. The maximum absolute atomic E-state index is 13.9. The highest BCUT2D eigenvalue weighted by atomic mass is 19.1. The van der Waals surface area contributed by atoms with Gasteiger partial charge in [0.2, 0.25) is 0 Å². The smallest absolute Gasteiger partial charge is 0.154 e. The Morgan fingerprint density at radius 1 is 1.03 bits per heavy atom. The second kappa shape index (κ2) is 9.17. The van der Waals surface area contributed by atoms with Gasteiger partial charge >= 0.3 is 0 Å². The molecule has 0 aliphatic carbocycles. The highest BCUT2D eigenvalue weighted by Crippen LogP contribution is 2.36. The van der Waals surface area contributed by atoms with Gasteiger partial charge in [-0.15, -0.1) is 5.10 Å². The van der Waals surface area contributed by atoms with E-state index in [-0.39, 0.29) is 11.9 Å². The third kappa shape index (κ3) is 4.19. The van der Waals surface area contributed by atoms with Gasteiger partial charge in [-0.25, -0.2) is 18.9 Å². The minimum Gasteiger partial charge on any atom is -0.390 e. The Morgan fingerprint density at radius 3 is 2.67 bits per heavy atom. The second-order valence-corrected chi connectivity index (χ2v) is 9.96. The van der Waals surface area contributed by atoms with E-state index < -0.39 is 5.60 Å². The molecule has 0 bridgehead atoms. The van der Waals surface area contributed by atoms with Crippen molar-refractivity contribution in [3.05, 3.63) is 72.2 Å². The Kier molecular flexibility index (Phi) is 5.84. The molecule has 7 nitrogen and oxygen atoms in total. The van der Waals surface area contributed by atoms with Gasteiger partial charge in [0.1, 0.15) is 23.1 Å². The van der Waals surface area contributed by atoms with Crippen molar-refractivity contribution in [2.24, 2.45) is 0 Å².